The first-order valence-corrected chi connectivity index (χ1v) is 7.98. The van der Waals surface area contributed by atoms with E-state index in [2.05, 4.69) is 19.2 Å². The van der Waals surface area contributed by atoms with Crippen molar-refractivity contribution in [2.45, 2.75) is 26.7 Å². The van der Waals surface area contributed by atoms with Gasteiger partial charge in [-0.2, -0.15) is 0 Å². The van der Waals surface area contributed by atoms with Crippen molar-refractivity contribution < 1.29 is 13.9 Å². The molecule has 0 unspecified atom stereocenters. The quantitative estimate of drug-likeness (QED) is 0.724. The standard InChI is InChI=1S/C20H21NO3/c1-12(2)15-7-5-6-8-17(15)21-20(22)19-13(3)16-11-14(23-4)9-10-18(16)24-19/h5-12H,1-4H3,(H,21,22). The number of fused-ring (bicyclic) bond motifs is 1. The Morgan fingerprint density at radius 2 is 1.92 bits per heavy atom. The van der Waals surface area contributed by atoms with Crippen LogP contribution < -0.4 is 10.1 Å². The van der Waals surface area contributed by atoms with Gasteiger partial charge in [-0.1, -0.05) is 32.0 Å². The average molecular weight is 323 g/mol. The number of anilines is 1. The van der Waals surface area contributed by atoms with E-state index in [1.165, 1.54) is 0 Å². The Hall–Kier alpha value is -2.75. The van der Waals surface area contributed by atoms with Gasteiger partial charge >= 0.3 is 0 Å². The fraction of sp³-hybridized carbons (Fsp3) is 0.250. The predicted molar refractivity (Wildman–Crippen MR) is 96.0 cm³/mol. The lowest BCUT2D eigenvalue weighted by Gasteiger charge is -2.13. The molecule has 1 amide bonds. The molecule has 4 nitrogen and oxygen atoms in total. The highest BCUT2D eigenvalue weighted by Gasteiger charge is 2.19. The van der Waals surface area contributed by atoms with Gasteiger partial charge in [0.2, 0.25) is 0 Å². The van der Waals surface area contributed by atoms with Crippen LogP contribution in [0.3, 0.4) is 0 Å². The summed E-state index contributed by atoms with van der Waals surface area (Å²) in [4.78, 5) is 12.7. The van der Waals surface area contributed by atoms with Gasteiger partial charge in [0.15, 0.2) is 5.76 Å². The van der Waals surface area contributed by atoms with Crippen molar-refractivity contribution in [2.75, 3.05) is 12.4 Å². The molecule has 0 bridgehead atoms. The normalized spacial score (nSPS) is 11.0. The lowest BCUT2D eigenvalue weighted by atomic mass is 10.0. The van der Waals surface area contributed by atoms with Crippen molar-refractivity contribution in [1.82, 2.24) is 0 Å². The minimum absolute atomic E-state index is 0.240. The highest BCUT2D eigenvalue weighted by molar-refractivity contribution is 6.06. The van der Waals surface area contributed by atoms with Gasteiger partial charge in [0.05, 0.1) is 7.11 Å². The van der Waals surface area contributed by atoms with Gasteiger partial charge < -0.3 is 14.5 Å². The lowest BCUT2D eigenvalue weighted by molar-refractivity contribution is 0.0998. The molecule has 1 N–H and O–H groups in total. The van der Waals surface area contributed by atoms with Crippen LogP contribution in [0.1, 0.15) is 41.4 Å². The summed E-state index contributed by atoms with van der Waals surface area (Å²) in [6.07, 6.45) is 0. The number of carbonyl (C=O) groups excluding carboxylic acids is 1. The second-order valence-electron chi connectivity index (χ2n) is 6.11. The molecule has 0 spiro atoms. The highest BCUT2D eigenvalue weighted by Crippen LogP contribution is 2.30. The Labute approximate surface area is 141 Å². The van der Waals surface area contributed by atoms with E-state index < -0.39 is 0 Å². The van der Waals surface area contributed by atoms with Gasteiger partial charge in [-0.05, 0) is 42.7 Å². The van der Waals surface area contributed by atoms with E-state index in [4.69, 9.17) is 9.15 Å². The molecule has 24 heavy (non-hydrogen) atoms. The molecule has 0 atom stereocenters. The molecule has 1 heterocycles. The maximum absolute atomic E-state index is 12.7. The summed E-state index contributed by atoms with van der Waals surface area (Å²) in [5, 5.41) is 3.86. The maximum atomic E-state index is 12.7. The summed E-state index contributed by atoms with van der Waals surface area (Å²) in [5.74, 6) is 1.15. The Balaban J connectivity index is 1.96. The maximum Gasteiger partial charge on any atom is 0.291 e. The number of hydrogen-bond acceptors (Lipinski definition) is 3. The Bertz CT molecular complexity index is 893. The Morgan fingerprint density at radius 1 is 1.17 bits per heavy atom. The van der Waals surface area contributed by atoms with Crippen LogP contribution in [0.25, 0.3) is 11.0 Å². The third-order valence-corrected chi connectivity index (χ3v) is 4.18. The fourth-order valence-corrected chi connectivity index (χ4v) is 2.84. The van der Waals surface area contributed by atoms with Crippen molar-refractivity contribution >= 4 is 22.6 Å². The molecular formula is C20H21NO3. The SMILES string of the molecule is COc1ccc2oc(C(=O)Nc3ccccc3C(C)C)c(C)c2c1. The molecule has 1 aromatic heterocycles. The van der Waals surface area contributed by atoms with E-state index >= 15 is 0 Å². The molecule has 0 aliphatic carbocycles. The minimum Gasteiger partial charge on any atom is -0.497 e. The summed E-state index contributed by atoms with van der Waals surface area (Å²) in [6, 6.07) is 13.3. The molecule has 0 aliphatic rings. The number of amides is 1. The fourth-order valence-electron chi connectivity index (χ4n) is 2.84. The summed E-state index contributed by atoms with van der Waals surface area (Å²) < 4.78 is 11.0. The van der Waals surface area contributed by atoms with Crippen LogP contribution in [0.15, 0.2) is 46.9 Å². The Kier molecular flexibility index (Phi) is 4.30. The number of nitrogens with one attached hydrogen (secondary N) is 1. The predicted octanol–water partition coefficient (Wildman–Crippen LogP) is 5.13. The zero-order chi connectivity index (χ0) is 17.3. The first-order valence-electron chi connectivity index (χ1n) is 7.98. The molecule has 3 rings (SSSR count). The number of para-hydroxylation sites is 1. The van der Waals surface area contributed by atoms with E-state index in [1.807, 2.05) is 49.4 Å². The number of furan rings is 1. The third kappa shape index (κ3) is 2.87. The molecule has 2 aromatic carbocycles. The molecule has 0 aliphatic heterocycles. The molecular weight excluding hydrogens is 302 g/mol. The molecule has 0 saturated carbocycles. The van der Waals surface area contributed by atoms with Crippen LogP contribution in [-0.2, 0) is 0 Å². The number of carbonyl (C=O) groups is 1. The highest BCUT2D eigenvalue weighted by atomic mass is 16.5. The zero-order valence-corrected chi connectivity index (χ0v) is 14.3. The zero-order valence-electron chi connectivity index (χ0n) is 14.3. The van der Waals surface area contributed by atoms with Crippen molar-refractivity contribution in [2.24, 2.45) is 0 Å². The smallest absolute Gasteiger partial charge is 0.291 e. The van der Waals surface area contributed by atoms with Crippen molar-refractivity contribution in [3.8, 4) is 5.75 Å². The Morgan fingerprint density at radius 3 is 2.62 bits per heavy atom. The number of benzene rings is 2. The summed E-state index contributed by atoms with van der Waals surface area (Å²) >= 11 is 0. The molecule has 124 valence electrons. The number of rotatable bonds is 4. The van der Waals surface area contributed by atoms with Gasteiger partial charge in [0.25, 0.3) is 5.91 Å². The average Bonchev–Trinajstić information content (AvgIpc) is 2.91. The first kappa shape index (κ1) is 16.1. The monoisotopic (exact) mass is 323 g/mol. The van der Waals surface area contributed by atoms with Crippen molar-refractivity contribution in [3.05, 3.63) is 59.4 Å². The minimum atomic E-state index is -0.240. The third-order valence-electron chi connectivity index (χ3n) is 4.18. The second-order valence-corrected chi connectivity index (χ2v) is 6.11. The number of aryl methyl sites for hydroxylation is 1. The van der Waals surface area contributed by atoms with E-state index in [0.29, 0.717) is 17.3 Å². The molecule has 3 aromatic rings. The molecule has 0 saturated heterocycles. The number of methoxy groups -OCH3 is 1. The van der Waals surface area contributed by atoms with E-state index in [1.54, 1.807) is 7.11 Å². The van der Waals surface area contributed by atoms with Gasteiger partial charge in [-0.3, -0.25) is 4.79 Å². The molecule has 0 radical (unpaired) electrons. The van der Waals surface area contributed by atoms with E-state index in [9.17, 15) is 4.79 Å². The van der Waals surface area contributed by atoms with Gasteiger partial charge in [0.1, 0.15) is 11.3 Å². The second kappa shape index (κ2) is 6.40. The summed E-state index contributed by atoms with van der Waals surface area (Å²) in [5.41, 5.74) is 3.40. The summed E-state index contributed by atoms with van der Waals surface area (Å²) in [7, 11) is 1.62. The molecule has 4 heteroatoms. The lowest BCUT2D eigenvalue weighted by Crippen LogP contribution is -2.13. The van der Waals surface area contributed by atoms with Crippen LogP contribution in [0, 0.1) is 6.92 Å². The van der Waals surface area contributed by atoms with Crippen LogP contribution in [-0.4, -0.2) is 13.0 Å². The first-order chi connectivity index (χ1) is 11.5. The van der Waals surface area contributed by atoms with Crippen LogP contribution in [0.2, 0.25) is 0 Å². The number of hydrogen-bond donors (Lipinski definition) is 1. The van der Waals surface area contributed by atoms with Crippen molar-refractivity contribution in [1.29, 1.82) is 0 Å². The van der Waals surface area contributed by atoms with Crippen LogP contribution in [0.4, 0.5) is 5.69 Å². The van der Waals surface area contributed by atoms with E-state index in [0.717, 1.165) is 28.0 Å². The van der Waals surface area contributed by atoms with Crippen LogP contribution in [0.5, 0.6) is 5.75 Å². The number of ether oxygens (including phenoxy) is 1. The van der Waals surface area contributed by atoms with Crippen LogP contribution >= 0.6 is 0 Å². The summed E-state index contributed by atoms with van der Waals surface area (Å²) in [6.45, 7) is 6.09. The van der Waals surface area contributed by atoms with Gasteiger partial charge in [-0.25, -0.2) is 0 Å². The van der Waals surface area contributed by atoms with E-state index in [-0.39, 0.29) is 5.91 Å². The van der Waals surface area contributed by atoms with Crippen molar-refractivity contribution in [3.63, 3.8) is 0 Å². The van der Waals surface area contributed by atoms with Gasteiger partial charge in [-0.15, -0.1) is 0 Å². The topological polar surface area (TPSA) is 51.5 Å². The largest absolute Gasteiger partial charge is 0.497 e. The van der Waals surface area contributed by atoms with Gasteiger partial charge in [0, 0.05) is 16.6 Å². The molecule has 0 fully saturated rings.